The van der Waals surface area contributed by atoms with E-state index in [1.807, 2.05) is 24.3 Å². The first-order chi connectivity index (χ1) is 11.3. The SMILES string of the molecule is COc1cccc(NC(=O)c2c3c(cc4c2OCC4)OCC3)c1. The molecule has 2 aromatic rings. The van der Waals surface area contributed by atoms with Crippen LogP contribution in [0.1, 0.15) is 21.5 Å². The Bertz CT molecular complexity index is 753. The van der Waals surface area contributed by atoms with Crippen LogP contribution in [-0.2, 0) is 12.8 Å². The lowest BCUT2D eigenvalue weighted by molar-refractivity contribution is 0.102. The van der Waals surface area contributed by atoms with Crippen LogP contribution < -0.4 is 19.5 Å². The third-order valence-corrected chi connectivity index (χ3v) is 4.21. The van der Waals surface area contributed by atoms with Crippen molar-refractivity contribution in [1.29, 1.82) is 0 Å². The molecular formula is C18H17NO4. The van der Waals surface area contributed by atoms with Crippen molar-refractivity contribution in [3.05, 3.63) is 47.0 Å². The molecule has 0 radical (unpaired) electrons. The Morgan fingerprint density at radius 3 is 2.91 bits per heavy atom. The highest BCUT2D eigenvalue weighted by molar-refractivity contribution is 6.08. The van der Waals surface area contributed by atoms with Crippen molar-refractivity contribution in [3.63, 3.8) is 0 Å². The number of hydrogen-bond acceptors (Lipinski definition) is 4. The van der Waals surface area contributed by atoms with Gasteiger partial charge in [0.15, 0.2) is 0 Å². The molecule has 23 heavy (non-hydrogen) atoms. The molecule has 2 aliphatic heterocycles. The summed E-state index contributed by atoms with van der Waals surface area (Å²) in [5, 5.41) is 2.94. The predicted molar refractivity (Wildman–Crippen MR) is 85.8 cm³/mol. The second kappa shape index (κ2) is 5.50. The molecule has 0 bridgehead atoms. The van der Waals surface area contributed by atoms with Crippen LogP contribution in [0.3, 0.4) is 0 Å². The van der Waals surface area contributed by atoms with Crippen LogP contribution in [0.15, 0.2) is 30.3 Å². The fourth-order valence-corrected chi connectivity index (χ4v) is 3.12. The average molecular weight is 311 g/mol. The molecule has 0 aromatic heterocycles. The van der Waals surface area contributed by atoms with Crippen LogP contribution in [0.25, 0.3) is 0 Å². The van der Waals surface area contributed by atoms with Gasteiger partial charge in [0.1, 0.15) is 17.2 Å². The van der Waals surface area contributed by atoms with Gasteiger partial charge in [-0.15, -0.1) is 0 Å². The number of carbonyl (C=O) groups excluding carboxylic acids is 1. The number of anilines is 1. The number of carbonyl (C=O) groups is 1. The van der Waals surface area contributed by atoms with Crippen molar-refractivity contribution in [2.45, 2.75) is 12.8 Å². The molecule has 0 atom stereocenters. The summed E-state index contributed by atoms with van der Waals surface area (Å²) in [6.45, 7) is 1.22. The molecule has 0 aliphatic carbocycles. The van der Waals surface area contributed by atoms with Crippen LogP contribution in [0, 0.1) is 0 Å². The van der Waals surface area contributed by atoms with Gasteiger partial charge in [0.25, 0.3) is 5.91 Å². The summed E-state index contributed by atoms with van der Waals surface area (Å²) in [7, 11) is 1.60. The fourth-order valence-electron chi connectivity index (χ4n) is 3.12. The van der Waals surface area contributed by atoms with Gasteiger partial charge in [-0.1, -0.05) is 6.07 Å². The van der Waals surface area contributed by atoms with Gasteiger partial charge in [-0.05, 0) is 18.2 Å². The predicted octanol–water partition coefficient (Wildman–Crippen LogP) is 2.82. The molecule has 2 heterocycles. The Hall–Kier alpha value is -2.69. The molecule has 0 fully saturated rings. The first-order valence-electron chi connectivity index (χ1n) is 7.66. The second-order valence-corrected chi connectivity index (χ2v) is 5.60. The topological polar surface area (TPSA) is 56.8 Å². The summed E-state index contributed by atoms with van der Waals surface area (Å²) >= 11 is 0. The number of fused-ring (bicyclic) bond motifs is 2. The molecule has 0 saturated carbocycles. The molecule has 118 valence electrons. The van der Waals surface area contributed by atoms with Crippen molar-refractivity contribution in [3.8, 4) is 17.2 Å². The van der Waals surface area contributed by atoms with Crippen molar-refractivity contribution in [2.24, 2.45) is 0 Å². The maximum atomic E-state index is 12.8. The van der Waals surface area contributed by atoms with E-state index in [1.165, 1.54) is 0 Å². The Kier molecular flexibility index (Phi) is 3.33. The largest absolute Gasteiger partial charge is 0.497 e. The van der Waals surface area contributed by atoms with E-state index in [-0.39, 0.29) is 5.91 Å². The smallest absolute Gasteiger partial charge is 0.259 e. The lowest BCUT2D eigenvalue weighted by Gasteiger charge is -2.13. The van der Waals surface area contributed by atoms with Crippen molar-refractivity contribution < 1.29 is 19.0 Å². The van der Waals surface area contributed by atoms with Gasteiger partial charge in [0, 0.05) is 35.7 Å². The number of ether oxygens (including phenoxy) is 3. The van der Waals surface area contributed by atoms with Gasteiger partial charge in [0.05, 0.1) is 25.9 Å². The van der Waals surface area contributed by atoms with E-state index >= 15 is 0 Å². The summed E-state index contributed by atoms with van der Waals surface area (Å²) in [5.74, 6) is 2.05. The number of nitrogens with one attached hydrogen (secondary N) is 1. The zero-order valence-electron chi connectivity index (χ0n) is 12.8. The molecule has 2 aromatic carbocycles. The lowest BCUT2D eigenvalue weighted by Crippen LogP contribution is -2.15. The molecule has 0 unspecified atom stereocenters. The third-order valence-electron chi connectivity index (χ3n) is 4.21. The highest BCUT2D eigenvalue weighted by Crippen LogP contribution is 2.40. The first kappa shape index (κ1) is 13.9. The number of amides is 1. The molecule has 0 spiro atoms. The summed E-state index contributed by atoms with van der Waals surface area (Å²) in [5.41, 5.74) is 3.28. The minimum atomic E-state index is -0.168. The summed E-state index contributed by atoms with van der Waals surface area (Å²) in [6.07, 6.45) is 1.54. The van der Waals surface area contributed by atoms with E-state index < -0.39 is 0 Å². The van der Waals surface area contributed by atoms with Crippen molar-refractivity contribution in [2.75, 3.05) is 25.6 Å². The lowest BCUT2D eigenvalue weighted by atomic mass is 9.99. The zero-order chi connectivity index (χ0) is 15.8. The molecule has 2 aliphatic rings. The van der Waals surface area contributed by atoms with Crippen LogP contribution >= 0.6 is 0 Å². The average Bonchev–Trinajstić information content (AvgIpc) is 3.20. The summed E-state index contributed by atoms with van der Waals surface area (Å²) < 4.78 is 16.6. The van der Waals surface area contributed by atoms with E-state index in [9.17, 15) is 4.79 Å². The Morgan fingerprint density at radius 1 is 1.17 bits per heavy atom. The molecule has 5 heteroatoms. The van der Waals surface area contributed by atoms with Crippen LogP contribution in [0.5, 0.6) is 17.2 Å². The Morgan fingerprint density at radius 2 is 2.04 bits per heavy atom. The Balaban J connectivity index is 1.71. The maximum Gasteiger partial charge on any atom is 0.259 e. The van der Waals surface area contributed by atoms with Crippen molar-refractivity contribution in [1.82, 2.24) is 0 Å². The van der Waals surface area contributed by atoms with Gasteiger partial charge >= 0.3 is 0 Å². The minimum absolute atomic E-state index is 0.168. The second-order valence-electron chi connectivity index (χ2n) is 5.60. The van der Waals surface area contributed by atoms with E-state index in [1.54, 1.807) is 13.2 Å². The normalized spacial score (nSPS) is 14.5. The van der Waals surface area contributed by atoms with Gasteiger partial charge in [-0.2, -0.15) is 0 Å². The van der Waals surface area contributed by atoms with Crippen molar-refractivity contribution >= 4 is 11.6 Å². The van der Waals surface area contributed by atoms with E-state index in [4.69, 9.17) is 14.2 Å². The molecule has 1 N–H and O–H groups in total. The maximum absolute atomic E-state index is 12.8. The van der Waals surface area contributed by atoms with E-state index in [0.717, 1.165) is 29.7 Å². The monoisotopic (exact) mass is 311 g/mol. The molecule has 5 nitrogen and oxygen atoms in total. The Labute approximate surface area is 134 Å². The van der Waals surface area contributed by atoms with Crippen LogP contribution in [-0.4, -0.2) is 26.2 Å². The van der Waals surface area contributed by atoms with Gasteiger partial charge in [-0.3, -0.25) is 4.79 Å². The van der Waals surface area contributed by atoms with Gasteiger partial charge in [-0.25, -0.2) is 0 Å². The zero-order valence-corrected chi connectivity index (χ0v) is 12.8. The molecular weight excluding hydrogens is 294 g/mol. The van der Waals surface area contributed by atoms with E-state index in [2.05, 4.69) is 5.32 Å². The third kappa shape index (κ3) is 2.38. The highest BCUT2D eigenvalue weighted by Gasteiger charge is 2.30. The summed E-state index contributed by atoms with van der Waals surface area (Å²) in [6, 6.07) is 9.31. The molecule has 0 saturated heterocycles. The van der Waals surface area contributed by atoms with E-state index in [0.29, 0.717) is 36.0 Å². The van der Waals surface area contributed by atoms with Gasteiger partial charge in [0.2, 0.25) is 0 Å². The molecule has 1 amide bonds. The van der Waals surface area contributed by atoms with Gasteiger partial charge < -0.3 is 19.5 Å². The number of hydrogen-bond donors (Lipinski definition) is 1. The fraction of sp³-hybridized carbons (Fsp3) is 0.278. The minimum Gasteiger partial charge on any atom is -0.497 e. The first-order valence-corrected chi connectivity index (χ1v) is 7.66. The van der Waals surface area contributed by atoms with Crippen LogP contribution in [0.2, 0.25) is 0 Å². The molecule has 4 rings (SSSR count). The number of methoxy groups -OCH3 is 1. The summed E-state index contributed by atoms with van der Waals surface area (Å²) in [4.78, 5) is 12.8. The number of benzene rings is 2. The standard InChI is InChI=1S/C18H17NO4/c1-21-13-4-2-3-12(10-13)19-18(20)16-14-6-8-22-15(14)9-11-5-7-23-17(11)16/h2-4,9-10H,5-8H2,1H3,(H,19,20). The number of rotatable bonds is 3. The highest BCUT2D eigenvalue weighted by atomic mass is 16.5. The quantitative estimate of drug-likeness (QED) is 0.947. The van der Waals surface area contributed by atoms with Crippen LogP contribution in [0.4, 0.5) is 5.69 Å².